The van der Waals surface area contributed by atoms with Crippen molar-refractivity contribution in [1.82, 2.24) is 5.32 Å². The van der Waals surface area contributed by atoms with Gasteiger partial charge in [-0.05, 0) is 31.9 Å². The molecule has 1 unspecified atom stereocenters. The molecule has 1 atom stereocenters. The van der Waals surface area contributed by atoms with Gasteiger partial charge in [-0.2, -0.15) is 0 Å². The van der Waals surface area contributed by atoms with Crippen molar-refractivity contribution in [2.75, 3.05) is 11.9 Å². The Morgan fingerprint density at radius 2 is 1.86 bits per heavy atom. The molecule has 0 aliphatic heterocycles. The molecule has 1 aliphatic carbocycles. The predicted molar refractivity (Wildman–Crippen MR) is 81.1 cm³/mol. The molecular formula is C16H23F3N2O. The summed E-state index contributed by atoms with van der Waals surface area (Å²) >= 11 is 0. The van der Waals surface area contributed by atoms with E-state index in [4.69, 9.17) is 0 Å². The Balaban J connectivity index is 1.86. The summed E-state index contributed by atoms with van der Waals surface area (Å²) in [6.45, 7) is 2.66. The number of hydrogen-bond donors (Lipinski definition) is 2. The fourth-order valence-electron chi connectivity index (χ4n) is 2.77. The summed E-state index contributed by atoms with van der Waals surface area (Å²) in [5.41, 5.74) is 0.359. The van der Waals surface area contributed by atoms with Crippen molar-refractivity contribution in [2.45, 2.75) is 57.5 Å². The van der Waals surface area contributed by atoms with Gasteiger partial charge < -0.3 is 15.4 Å². The van der Waals surface area contributed by atoms with Gasteiger partial charge in [-0.3, -0.25) is 0 Å². The maximum absolute atomic E-state index is 12.4. The van der Waals surface area contributed by atoms with Crippen LogP contribution < -0.4 is 15.4 Å². The number of benzene rings is 1. The van der Waals surface area contributed by atoms with Gasteiger partial charge in [0.25, 0.3) is 0 Å². The maximum atomic E-state index is 12.4. The van der Waals surface area contributed by atoms with E-state index in [9.17, 15) is 13.2 Å². The minimum Gasteiger partial charge on any atom is -0.404 e. The quantitative estimate of drug-likeness (QED) is 0.820. The van der Waals surface area contributed by atoms with Crippen molar-refractivity contribution in [2.24, 2.45) is 0 Å². The molecule has 3 nitrogen and oxygen atoms in total. The Kier molecular flexibility index (Phi) is 5.94. The first-order valence-corrected chi connectivity index (χ1v) is 7.79. The van der Waals surface area contributed by atoms with Gasteiger partial charge >= 0.3 is 6.36 Å². The van der Waals surface area contributed by atoms with Crippen molar-refractivity contribution in [1.29, 1.82) is 0 Å². The molecule has 0 aromatic heterocycles. The minimum atomic E-state index is -4.68. The number of rotatable bonds is 6. The normalized spacial score (nSPS) is 18.0. The monoisotopic (exact) mass is 316 g/mol. The lowest BCUT2D eigenvalue weighted by atomic mass is 9.95. The molecule has 1 fully saturated rings. The highest BCUT2D eigenvalue weighted by atomic mass is 19.4. The number of halogens is 3. The van der Waals surface area contributed by atoms with E-state index in [2.05, 4.69) is 15.4 Å². The Morgan fingerprint density at radius 3 is 2.55 bits per heavy atom. The number of nitrogens with one attached hydrogen (secondary N) is 2. The first-order chi connectivity index (χ1) is 10.4. The van der Waals surface area contributed by atoms with Crippen LogP contribution in [0.25, 0.3) is 0 Å². The van der Waals surface area contributed by atoms with Gasteiger partial charge in [0.2, 0.25) is 0 Å². The maximum Gasteiger partial charge on any atom is 0.573 e. The second-order valence-corrected chi connectivity index (χ2v) is 5.83. The van der Waals surface area contributed by atoms with Crippen LogP contribution in [0.3, 0.4) is 0 Å². The molecule has 0 bridgehead atoms. The largest absolute Gasteiger partial charge is 0.573 e. The van der Waals surface area contributed by atoms with E-state index in [1.165, 1.54) is 44.2 Å². The highest BCUT2D eigenvalue weighted by Gasteiger charge is 2.32. The van der Waals surface area contributed by atoms with Gasteiger partial charge in [-0.25, -0.2) is 0 Å². The van der Waals surface area contributed by atoms with Gasteiger partial charge in [0, 0.05) is 18.6 Å². The number of alkyl halides is 3. The second-order valence-electron chi connectivity index (χ2n) is 5.83. The number of para-hydroxylation sites is 2. The van der Waals surface area contributed by atoms with E-state index in [-0.39, 0.29) is 11.8 Å². The zero-order valence-corrected chi connectivity index (χ0v) is 12.7. The third-order valence-corrected chi connectivity index (χ3v) is 3.83. The number of hydrogen-bond acceptors (Lipinski definition) is 3. The summed E-state index contributed by atoms with van der Waals surface area (Å²) in [4.78, 5) is 0. The van der Waals surface area contributed by atoms with Crippen molar-refractivity contribution in [3.05, 3.63) is 24.3 Å². The lowest BCUT2D eigenvalue weighted by Crippen LogP contribution is -2.38. The summed E-state index contributed by atoms with van der Waals surface area (Å²) in [7, 11) is 0. The highest BCUT2D eigenvalue weighted by molar-refractivity contribution is 5.56. The second kappa shape index (κ2) is 7.72. The smallest absolute Gasteiger partial charge is 0.404 e. The Morgan fingerprint density at radius 1 is 1.18 bits per heavy atom. The molecule has 0 amide bonds. The van der Waals surface area contributed by atoms with Crippen LogP contribution in [0, 0.1) is 0 Å². The minimum absolute atomic E-state index is 0.0138. The summed E-state index contributed by atoms with van der Waals surface area (Å²) in [5.74, 6) is -0.195. The molecule has 2 N–H and O–H groups in total. The molecule has 0 spiro atoms. The van der Waals surface area contributed by atoms with Gasteiger partial charge in [0.1, 0.15) is 0 Å². The summed E-state index contributed by atoms with van der Waals surface area (Å²) in [6, 6.07) is 6.67. The Hall–Kier alpha value is -1.43. The number of anilines is 1. The van der Waals surface area contributed by atoms with E-state index < -0.39 is 6.36 Å². The fraction of sp³-hybridized carbons (Fsp3) is 0.625. The average molecular weight is 316 g/mol. The summed E-state index contributed by atoms with van der Waals surface area (Å²) in [5, 5.41) is 6.57. The molecule has 1 aliphatic rings. The average Bonchev–Trinajstić information content (AvgIpc) is 2.47. The molecule has 1 aromatic rings. The molecule has 2 rings (SSSR count). The van der Waals surface area contributed by atoms with Crippen molar-refractivity contribution in [3.63, 3.8) is 0 Å². The third kappa shape index (κ3) is 5.75. The molecule has 1 saturated carbocycles. The van der Waals surface area contributed by atoms with Crippen LogP contribution in [0.4, 0.5) is 18.9 Å². The molecule has 22 heavy (non-hydrogen) atoms. The lowest BCUT2D eigenvalue weighted by molar-refractivity contribution is -0.274. The molecule has 0 radical (unpaired) electrons. The van der Waals surface area contributed by atoms with Crippen molar-refractivity contribution < 1.29 is 17.9 Å². The molecule has 0 saturated heterocycles. The topological polar surface area (TPSA) is 33.3 Å². The molecule has 6 heteroatoms. The number of ether oxygens (including phenoxy) is 1. The van der Waals surface area contributed by atoms with Crippen molar-refractivity contribution in [3.8, 4) is 5.75 Å². The summed E-state index contributed by atoms with van der Waals surface area (Å²) < 4.78 is 41.2. The first-order valence-electron chi connectivity index (χ1n) is 7.79. The standard InChI is InChI=1S/C16H23F3N2O/c1-12(11-20-13-7-3-2-4-8-13)21-14-9-5-6-10-15(14)22-16(17,18)19/h5-6,9-10,12-13,20-21H,2-4,7-8,11H2,1H3. The molecule has 124 valence electrons. The van der Waals surface area contributed by atoms with E-state index in [0.717, 1.165) is 0 Å². The van der Waals surface area contributed by atoms with Crippen LogP contribution in [0.2, 0.25) is 0 Å². The van der Waals surface area contributed by atoms with E-state index in [0.29, 0.717) is 18.3 Å². The van der Waals surface area contributed by atoms with Crippen LogP contribution >= 0.6 is 0 Å². The van der Waals surface area contributed by atoms with Gasteiger partial charge in [0.15, 0.2) is 5.75 Å². The van der Waals surface area contributed by atoms with Crippen LogP contribution in [0.1, 0.15) is 39.0 Å². The van der Waals surface area contributed by atoms with Crippen LogP contribution in [0.5, 0.6) is 5.75 Å². The molecule has 1 aromatic carbocycles. The first kappa shape index (κ1) is 16.9. The van der Waals surface area contributed by atoms with E-state index in [1.54, 1.807) is 12.1 Å². The van der Waals surface area contributed by atoms with Crippen LogP contribution in [0.15, 0.2) is 24.3 Å². The third-order valence-electron chi connectivity index (χ3n) is 3.83. The fourth-order valence-corrected chi connectivity index (χ4v) is 2.77. The van der Waals surface area contributed by atoms with E-state index in [1.807, 2.05) is 6.92 Å². The predicted octanol–water partition coefficient (Wildman–Crippen LogP) is 4.31. The van der Waals surface area contributed by atoms with Gasteiger partial charge in [0.05, 0.1) is 5.69 Å². The molecule has 0 heterocycles. The Bertz CT molecular complexity index is 459. The summed E-state index contributed by atoms with van der Waals surface area (Å²) in [6.07, 6.45) is 1.49. The SMILES string of the molecule is CC(CNC1CCCCC1)Nc1ccccc1OC(F)(F)F. The van der Waals surface area contributed by atoms with Crippen molar-refractivity contribution >= 4 is 5.69 Å². The van der Waals surface area contributed by atoms with Gasteiger partial charge in [-0.1, -0.05) is 31.4 Å². The van der Waals surface area contributed by atoms with Crippen LogP contribution in [-0.2, 0) is 0 Å². The zero-order chi connectivity index (χ0) is 16.0. The Labute approximate surface area is 129 Å². The van der Waals surface area contributed by atoms with Crippen LogP contribution in [-0.4, -0.2) is 25.0 Å². The van der Waals surface area contributed by atoms with E-state index >= 15 is 0 Å². The molecular weight excluding hydrogens is 293 g/mol. The highest BCUT2D eigenvalue weighted by Crippen LogP contribution is 2.30. The lowest BCUT2D eigenvalue weighted by Gasteiger charge is -2.25. The zero-order valence-electron chi connectivity index (χ0n) is 12.7. The van der Waals surface area contributed by atoms with Gasteiger partial charge in [-0.15, -0.1) is 13.2 Å².